The number of rotatable bonds is 2. The zero-order valence-corrected chi connectivity index (χ0v) is 24.8. The highest BCUT2D eigenvalue weighted by Crippen LogP contribution is 2.34. The molecule has 2 aliphatic heterocycles. The van der Waals surface area contributed by atoms with Gasteiger partial charge in [0, 0.05) is 60.7 Å². The lowest BCUT2D eigenvalue weighted by atomic mass is 9.80. The van der Waals surface area contributed by atoms with E-state index in [-0.39, 0.29) is 11.8 Å². The monoisotopic (exact) mass is 568 g/mol. The van der Waals surface area contributed by atoms with Gasteiger partial charge in [-0.25, -0.2) is 5.01 Å². The molecule has 4 heterocycles. The summed E-state index contributed by atoms with van der Waals surface area (Å²) < 4.78 is 0. The third kappa shape index (κ3) is 5.47. The Labute approximate surface area is 253 Å². The molecule has 0 fully saturated rings. The smallest absolute Gasteiger partial charge is 0.248 e. The minimum Gasteiger partial charge on any atom is -0.273 e. The summed E-state index contributed by atoms with van der Waals surface area (Å²) >= 11 is 0. The van der Waals surface area contributed by atoms with Crippen molar-refractivity contribution < 1.29 is 4.79 Å². The van der Waals surface area contributed by atoms with Gasteiger partial charge in [0.2, 0.25) is 5.91 Å². The van der Waals surface area contributed by atoms with Gasteiger partial charge in [-0.05, 0) is 93.5 Å². The zero-order valence-electron chi connectivity index (χ0n) is 24.8. The van der Waals surface area contributed by atoms with Crippen molar-refractivity contribution in [2.45, 2.75) is 52.4 Å². The van der Waals surface area contributed by atoms with Crippen LogP contribution in [0.1, 0.15) is 59.1 Å². The van der Waals surface area contributed by atoms with Gasteiger partial charge in [0.25, 0.3) is 0 Å². The number of nitrogens with zero attached hydrogens (tertiary/aromatic N) is 6. The van der Waals surface area contributed by atoms with Crippen LogP contribution in [0.4, 0.5) is 11.4 Å². The third-order valence-electron chi connectivity index (χ3n) is 9.05. The van der Waals surface area contributed by atoms with Crippen molar-refractivity contribution in [2.24, 2.45) is 22.0 Å². The number of pyridine rings is 2. The summed E-state index contributed by atoms with van der Waals surface area (Å²) in [6.07, 6.45) is 13.6. The molecule has 0 saturated heterocycles. The fraction of sp³-hybridized carbons (Fsp3) is 0.306. The molecule has 0 bridgehead atoms. The Morgan fingerprint density at radius 1 is 0.651 bits per heavy atom. The molecule has 43 heavy (non-hydrogen) atoms. The van der Waals surface area contributed by atoms with E-state index in [2.05, 4.69) is 52.2 Å². The van der Waals surface area contributed by atoms with Crippen LogP contribution < -0.4 is 10.0 Å². The average Bonchev–Trinajstić information content (AvgIpc) is 3.05. The molecule has 8 rings (SSSR count). The van der Waals surface area contributed by atoms with Crippen molar-refractivity contribution in [1.82, 2.24) is 9.97 Å². The van der Waals surface area contributed by atoms with Gasteiger partial charge >= 0.3 is 0 Å². The first kappa shape index (κ1) is 27.2. The Balaban J connectivity index is 0.000000140. The van der Waals surface area contributed by atoms with Crippen LogP contribution in [-0.2, 0) is 17.6 Å². The SMILES string of the molecule is Cc1ccc(N2CCC3CCc4cnccc4C3=N2)cc1.Cc1ccc(N2N=C3c4ccncc4CCC3CC2=O)cc1. The normalized spacial score (nSPS) is 20.4. The van der Waals surface area contributed by atoms with Crippen LogP contribution in [0.5, 0.6) is 0 Å². The van der Waals surface area contributed by atoms with Crippen molar-refractivity contribution in [3.05, 3.63) is 119 Å². The number of benzene rings is 2. The van der Waals surface area contributed by atoms with Crippen molar-refractivity contribution in [3.63, 3.8) is 0 Å². The van der Waals surface area contributed by atoms with Crippen LogP contribution in [0.25, 0.3) is 0 Å². The summed E-state index contributed by atoms with van der Waals surface area (Å²) in [6, 6.07) is 20.7. The van der Waals surface area contributed by atoms with Gasteiger partial charge in [-0.1, -0.05) is 35.4 Å². The Kier molecular flexibility index (Phi) is 7.31. The molecule has 0 radical (unpaired) electrons. The summed E-state index contributed by atoms with van der Waals surface area (Å²) in [5.74, 6) is 0.931. The predicted molar refractivity (Wildman–Crippen MR) is 172 cm³/mol. The number of carbonyl (C=O) groups is 1. The summed E-state index contributed by atoms with van der Waals surface area (Å²) in [5, 5.41) is 13.4. The predicted octanol–water partition coefficient (Wildman–Crippen LogP) is 6.66. The van der Waals surface area contributed by atoms with Crippen molar-refractivity contribution in [2.75, 3.05) is 16.6 Å². The number of aromatic nitrogens is 2. The zero-order chi connectivity index (χ0) is 29.3. The molecule has 2 unspecified atom stereocenters. The second kappa shape index (κ2) is 11.6. The number of hydrogen-bond acceptors (Lipinski definition) is 6. The lowest BCUT2D eigenvalue weighted by Gasteiger charge is -2.34. The summed E-state index contributed by atoms with van der Waals surface area (Å²) in [6.45, 7) is 5.16. The number of fused-ring (bicyclic) bond motifs is 6. The molecule has 2 aromatic carbocycles. The lowest BCUT2D eigenvalue weighted by Crippen LogP contribution is -2.39. The topological polar surface area (TPSA) is 74.1 Å². The Bertz CT molecular complexity index is 1710. The quantitative estimate of drug-likeness (QED) is 0.271. The molecular formula is C36H36N6O. The molecule has 1 amide bonds. The molecule has 2 aromatic heterocycles. The molecule has 216 valence electrons. The van der Waals surface area contributed by atoms with Crippen LogP contribution in [-0.4, -0.2) is 33.8 Å². The van der Waals surface area contributed by atoms with Crippen molar-refractivity contribution >= 4 is 28.7 Å². The lowest BCUT2D eigenvalue weighted by molar-refractivity contribution is -0.119. The minimum atomic E-state index is 0.0788. The van der Waals surface area contributed by atoms with Crippen LogP contribution in [0, 0.1) is 25.7 Å². The summed E-state index contributed by atoms with van der Waals surface area (Å²) in [4.78, 5) is 20.9. The molecule has 7 heteroatoms. The summed E-state index contributed by atoms with van der Waals surface area (Å²) in [7, 11) is 0. The first-order valence-corrected chi connectivity index (χ1v) is 15.3. The van der Waals surface area contributed by atoms with E-state index in [4.69, 9.17) is 10.2 Å². The van der Waals surface area contributed by atoms with E-state index in [9.17, 15) is 4.79 Å². The Morgan fingerprint density at radius 3 is 1.84 bits per heavy atom. The van der Waals surface area contributed by atoms with E-state index in [1.54, 1.807) is 11.2 Å². The molecular weight excluding hydrogens is 532 g/mol. The van der Waals surface area contributed by atoms with Crippen LogP contribution in [0.15, 0.2) is 95.7 Å². The van der Waals surface area contributed by atoms with Gasteiger partial charge < -0.3 is 0 Å². The highest BCUT2D eigenvalue weighted by atomic mass is 16.2. The summed E-state index contributed by atoms with van der Waals surface area (Å²) in [5.41, 5.74) is 11.8. The highest BCUT2D eigenvalue weighted by molar-refractivity contribution is 6.11. The maximum Gasteiger partial charge on any atom is 0.248 e. The van der Waals surface area contributed by atoms with Gasteiger partial charge in [0.05, 0.1) is 22.8 Å². The van der Waals surface area contributed by atoms with Gasteiger partial charge in [0.1, 0.15) is 0 Å². The fourth-order valence-corrected chi connectivity index (χ4v) is 6.59. The van der Waals surface area contributed by atoms with Crippen molar-refractivity contribution in [1.29, 1.82) is 0 Å². The van der Waals surface area contributed by atoms with Crippen LogP contribution >= 0.6 is 0 Å². The minimum absolute atomic E-state index is 0.0788. The molecule has 2 atom stereocenters. The molecule has 0 saturated carbocycles. The first-order valence-electron chi connectivity index (χ1n) is 15.3. The highest BCUT2D eigenvalue weighted by Gasteiger charge is 2.34. The van der Waals surface area contributed by atoms with Gasteiger partial charge in [0.15, 0.2) is 0 Å². The molecule has 2 aliphatic carbocycles. The number of carbonyl (C=O) groups excluding carboxylic acids is 1. The number of hydrogen-bond donors (Lipinski definition) is 0. The average molecular weight is 569 g/mol. The standard InChI is InChI=1S/C18H17N3O.C18H19N3/c1-12-2-6-15(7-3-12)21-17(22)10-13-4-5-14-11-19-9-8-16(14)18(13)20-21;1-13-2-6-16(7-3-13)21-11-9-14-4-5-15-12-19-10-8-17(15)18(14)20-21/h2-3,6-9,11,13H,4-5,10H2,1H3;2-3,6-8,10,12,14H,4-5,9,11H2,1H3. The van der Waals surface area contributed by atoms with Crippen molar-refractivity contribution in [3.8, 4) is 0 Å². The molecule has 4 aliphatic rings. The maximum atomic E-state index is 12.5. The maximum absolute atomic E-state index is 12.5. The van der Waals surface area contributed by atoms with E-state index in [1.807, 2.05) is 55.8 Å². The fourth-order valence-electron chi connectivity index (χ4n) is 6.59. The van der Waals surface area contributed by atoms with E-state index in [1.165, 1.54) is 52.1 Å². The third-order valence-corrected chi connectivity index (χ3v) is 9.05. The van der Waals surface area contributed by atoms with E-state index in [0.29, 0.717) is 12.3 Å². The number of amides is 1. The van der Waals surface area contributed by atoms with Crippen LogP contribution in [0.2, 0.25) is 0 Å². The van der Waals surface area contributed by atoms with Gasteiger partial charge in [-0.2, -0.15) is 10.2 Å². The largest absolute Gasteiger partial charge is 0.273 e. The first-order chi connectivity index (χ1) is 21.0. The van der Waals surface area contributed by atoms with Gasteiger partial charge in [-0.15, -0.1) is 0 Å². The van der Waals surface area contributed by atoms with Crippen LogP contribution in [0.3, 0.4) is 0 Å². The second-order valence-electron chi connectivity index (χ2n) is 12.0. The molecule has 0 spiro atoms. The van der Waals surface area contributed by atoms with E-state index < -0.39 is 0 Å². The Hall–Kier alpha value is -4.65. The second-order valence-corrected chi connectivity index (χ2v) is 12.0. The number of aryl methyl sites for hydroxylation is 4. The molecule has 4 aromatic rings. The number of anilines is 2. The Morgan fingerprint density at radius 2 is 1.21 bits per heavy atom. The van der Waals surface area contributed by atoms with Gasteiger partial charge in [-0.3, -0.25) is 19.8 Å². The van der Waals surface area contributed by atoms with E-state index in [0.717, 1.165) is 42.8 Å². The molecule has 0 N–H and O–H groups in total. The number of hydrazone groups is 2. The van der Waals surface area contributed by atoms with E-state index >= 15 is 0 Å². The molecule has 7 nitrogen and oxygen atoms in total.